The summed E-state index contributed by atoms with van der Waals surface area (Å²) in [4.78, 5) is 19.6. The molecule has 0 amide bonds. The van der Waals surface area contributed by atoms with Crippen molar-refractivity contribution in [1.82, 2.24) is 24.9 Å². The highest BCUT2D eigenvalue weighted by Crippen LogP contribution is 2.28. The summed E-state index contributed by atoms with van der Waals surface area (Å²) in [5.41, 5.74) is 3.74. The number of aromatic nitrogens is 5. The molecule has 3 aromatic heterocycles. The number of fused-ring (bicyclic) bond motifs is 1. The van der Waals surface area contributed by atoms with Gasteiger partial charge in [-0.25, -0.2) is 24.3 Å². The molecule has 3 N–H and O–H groups in total. The van der Waals surface area contributed by atoms with E-state index in [0.717, 1.165) is 28.6 Å². The van der Waals surface area contributed by atoms with Crippen molar-refractivity contribution in [2.75, 3.05) is 17.2 Å². The quantitative estimate of drug-likeness (QED) is 0.472. The maximum atomic E-state index is 14.1. The lowest BCUT2D eigenvalue weighted by Crippen LogP contribution is -2.08. The molecule has 0 unspecified atom stereocenters. The van der Waals surface area contributed by atoms with Crippen LogP contribution in [0.25, 0.3) is 10.9 Å². The molecule has 4 rings (SSSR count). The highest BCUT2D eigenvalue weighted by atomic mass is 19.1. The van der Waals surface area contributed by atoms with Gasteiger partial charge in [-0.1, -0.05) is 6.07 Å². The lowest BCUT2D eigenvalue weighted by atomic mass is 10.0. The summed E-state index contributed by atoms with van der Waals surface area (Å²) in [5, 5.41) is 7.38. The van der Waals surface area contributed by atoms with Gasteiger partial charge < -0.3 is 15.6 Å². The minimum atomic E-state index is -0.223. The van der Waals surface area contributed by atoms with Crippen molar-refractivity contribution in [2.45, 2.75) is 20.3 Å². The van der Waals surface area contributed by atoms with Gasteiger partial charge in [0.25, 0.3) is 0 Å². The fourth-order valence-electron chi connectivity index (χ4n) is 3.29. The Kier molecular flexibility index (Phi) is 4.84. The van der Waals surface area contributed by atoms with Crippen LogP contribution in [0.3, 0.4) is 0 Å². The van der Waals surface area contributed by atoms with Crippen LogP contribution in [0.15, 0.2) is 43.1 Å². The summed E-state index contributed by atoms with van der Waals surface area (Å²) < 4.78 is 14.1. The number of nitrogens with one attached hydrogen (secondary N) is 3. The van der Waals surface area contributed by atoms with E-state index in [1.54, 1.807) is 12.3 Å². The number of anilines is 3. The first-order valence-electron chi connectivity index (χ1n) is 8.97. The first-order chi connectivity index (χ1) is 13.6. The van der Waals surface area contributed by atoms with Crippen LogP contribution in [0.1, 0.15) is 16.8 Å². The molecule has 0 radical (unpaired) electrons. The van der Waals surface area contributed by atoms with Crippen LogP contribution in [-0.4, -0.2) is 31.5 Å². The second kappa shape index (κ2) is 7.59. The van der Waals surface area contributed by atoms with Crippen LogP contribution in [0, 0.1) is 19.7 Å². The Morgan fingerprint density at radius 1 is 1.00 bits per heavy atom. The molecule has 3 heterocycles. The number of hydrogen-bond donors (Lipinski definition) is 3. The zero-order valence-corrected chi connectivity index (χ0v) is 15.6. The second-order valence-corrected chi connectivity index (χ2v) is 6.53. The summed E-state index contributed by atoms with van der Waals surface area (Å²) >= 11 is 0. The predicted molar refractivity (Wildman–Crippen MR) is 107 cm³/mol. The molecule has 0 aliphatic rings. The van der Waals surface area contributed by atoms with E-state index in [-0.39, 0.29) is 5.82 Å². The Balaban J connectivity index is 1.46. The Bertz CT molecular complexity index is 1110. The van der Waals surface area contributed by atoms with E-state index in [0.29, 0.717) is 29.5 Å². The SMILES string of the molecule is Cc1[nH]c2c(F)ccc(C)c2c1CCNc1cc(Nc2ccncn2)ncn1. The van der Waals surface area contributed by atoms with Crippen LogP contribution >= 0.6 is 0 Å². The van der Waals surface area contributed by atoms with E-state index in [1.807, 2.05) is 26.0 Å². The summed E-state index contributed by atoms with van der Waals surface area (Å²) in [6.45, 7) is 4.64. The topological polar surface area (TPSA) is 91.4 Å². The Morgan fingerprint density at radius 2 is 1.82 bits per heavy atom. The number of halogens is 1. The first-order valence-corrected chi connectivity index (χ1v) is 8.97. The van der Waals surface area contributed by atoms with Crippen LogP contribution in [0.2, 0.25) is 0 Å². The summed E-state index contributed by atoms with van der Waals surface area (Å²) in [6, 6.07) is 6.89. The molecule has 0 aliphatic heterocycles. The average molecular weight is 377 g/mol. The largest absolute Gasteiger partial charge is 0.370 e. The third-order valence-electron chi connectivity index (χ3n) is 4.62. The standard InChI is InChI=1S/C20H20FN7/c1-12-3-4-15(21)20-19(12)14(13(2)27-20)5-8-23-17-9-18(26-11-25-17)28-16-6-7-22-10-24-16/h3-4,6-7,9-11,27H,5,8H2,1-2H3,(H2,22,23,24,25,26,28). The van der Waals surface area contributed by atoms with Crippen molar-refractivity contribution in [3.8, 4) is 0 Å². The van der Waals surface area contributed by atoms with Crippen molar-refractivity contribution in [1.29, 1.82) is 0 Å². The highest BCUT2D eigenvalue weighted by molar-refractivity contribution is 5.88. The fourth-order valence-corrected chi connectivity index (χ4v) is 3.29. The van der Waals surface area contributed by atoms with E-state index in [1.165, 1.54) is 18.7 Å². The predicted octanol–water partition coefficient (Wildman–Crippen LogP) is 3.90. The summed E-state index contributed by atoms with van der Waals surface area (Å²) in [7, 11) is 0. The molecule has 8 heteroatoms. The van der Waals surface area contributed by atoms with Crippen LogP contribution in [0.5, 0.6) is 0 Å². The number of benzene rings is 1. The number of hydrogen-bond acceptors (Lipinski definition) is 6. The minimum Gasteiger partial charge on any atom is -0.370 e. The molecule has 0 bridgehead atoms. The molecule has 0 saturated carbocycles. The minimum absolute atomic E-state index is 0.223. The Hall–Kier alpha value is -3.55. The first kappa shape index (κ1) is 17.8. The van der Waals surface area contributed by atoms with E-state index in [9.17, 15) is 4.39 Å². The van der Waals surface area contributed by atoms with Gasteiger partial charge in [0.2, 0.25) is 0 Å². The molecule has 7 nitrogen and oxygen atoms in total. The molecular weight excluding hydrogens is 357 g/mol. The van der Waals surface area contributed by atoms with Gasteiger partial charge in [-0.2, -0.15) is 0 Å². The molecule has 1 aromatic carbocycles. The number of H-pyrrole nitrogens is 1. The van der Waals surface area contributed by atoms with E-state index in [4.69, 9.17) is 0 Å². The van der Waals surface area contributed by atoms with Gasteiger partial charge >= 0.3 is 0 Å². The number of aryl methyl sites for hydroxylation is 2. The zero-order chi connectivity index (χ0) is 19.5. The van der Waals surface area contributed by atoms with Crippen LogP contribution in [0.4, 0.5) is 21.8 Å². The normalized spacial score (nSPS) is 11.0. The van der Waals surface area contributed by atoms with Gasteiger partial charge in [0, 0.05) is 29.9 Å². The van der Waals surface area contributed by atoms with Crippen molar-refractivity contribution < 1.29 is 4.39 Å². The van der Waals surface area contributed by atoms with Crippen molar-refractivity contribution in [3.05, 3.63) is 65.8 Å². The number of rotatable bonds is 6. The maximum absolute atomic E-state index is 14.1. The van der Waals surface area contributed by atoms with Gasteiger partial charge in [-0.05, 0) is 43.5 Å². The second-order valence-electron chi connectivity index (χ2n) is 6.53. The molecule has 4 aromatic rings. The Labute approximate surface area is 161 Å². The van der Waals surface area contributed by atoms with Crippen LogP contribution in [-0.2, 0) is 6.42 Å². The Morgan fingerprint density at radius 3 is 2.64 bits per heavy atom. The van der Waals surface area contributed by atoms with Gasteiger partial charge in [0.05, 0.1) is 5.52 Å². The van der Waals surface area contributed by atoms with E-state index < -0.39 is 0 Å². The third-order valence-corrected chi connectivity index (χ3v) is 4.62. The molecule has 0 fully saturated rings. The fraction of sp³-hybridized carbons (Fsp3) is 0.200. The molecule has 0 atom stereocenters. The van der Waals surface area contributed by atoms with E-state index in [2.05, 4.69) is 35.6 Å². The van der Waals surface area contributed by atoms with Crippen molar-refractivity contribution in [2.24, 2.45) is 0 Å². The molecule has 0 spiro atoms. The van der Waals surface area contributed by atoms with Gasteiger partial charge in [-0.15, -0.1) is 0 Å². The molecule has 0 aliphatic carbocycles. The van der Waals surface area contributed by atoms with Crippen molar-refractivity contribution in [3.63, 3.8) is 0 Å². The summed E-state index contributed by atoms with van der Waals surface area (Å²) in [5.74, 6) is 1.77. The number of aromatic amines is 1. The van der Waals surface area contributed by atoms with Crippen LogP contribution < -0.4 is 10.6 Å². The average Bonchev–Trinajstić information content (AvgIpc) is 3.04. The molecule has 28 heavy (non-hydrogen) atoms. The lowest BCUT2D eigenvalue weighted by Gasteiger charge is -2.09. The molecular formula is C20H20FN7. The van der Waals surface area contributed by atoms with E-state index >= 15 is 0 Å². The summed E-state index contributed by atoms with van der Waals surface area (Å²) in [6.07, 6.45) is 5.36. The highest BCUT2D eigenvalue weighted by Gasteiger charge is 2.13. The van der Waals surface area contributed by atoms with Crippen molar-refractivity contribution >= 4 is 28.4 Å². The zero-order valence-electron chi connectivity index (χ0n) is 15.6. The van der Waals surface area contributed by atoms with Gasteiger partial charge in [0.1, 0.15) is 35.9 Å². The molecule has 142 valence electrons. The molecule has 0 saturated heterocycles. The van der Waals surface area contributed by atoms with Gasteiger partial charge in [-0.3, -0.25) is 0 Å². The number of nitrogens with zero attached hydrogens (tertiary/aromatic N) is 4. The third kappa shape index (κ3) is 3.62. The lowest BCUT2D eigenvalue weighted by molar-refractivity contribution is 0.637. The maximum Gasteiger partial charge on any atom is 0.147 e. The smallest absolute Gasteiger partial charge is 0.147 e. The van der Waals surface area contributed by atoms with Gasteiger partial charge in [0.15, 0.2) is 0 Å². The monoisotopic (exact) mass is 377 g/mol.